The number of hydrogen-bond acceptors (Lipinski definition) is 2. The van der Waals surface area contributed by atoms with Crippen molar-refractivity contribution in [2.75, 3.05) is 20.6 Å². The minimum absolute atomic E-state index is 0.125. The van der Waals surface area contributed by atoms with E-state index < -0.39 is 12.6 Å². The Labute approximate surface area is 103 Å². The van der Waals surface area contributed by atoms with Crippen LogP contribution in [0.15, 0.2) is 0 Å². The van der Waals surface area contributed by atoms with E-state index in [1.54, 1.807) is 0 Å². The quantitative estimate of drug-likeness (QED) is 0.751. The average molecular weight is 254 g/mol. The second kappa shape index (κ2) is 6.59. The van der Waals surface area contributed by atoms with E-state index in [2.05, 4.69) is 5.32 Å². The van der Waals surface area contributed by atoms with E-state index >= 15 is 0 Å². The molecule has 104 valence electrons. The van der Waals surface area contributed by atoms with Gasteiger partial charge in [0.05, 0.1) is 0 Å². The van der Waals surface area contributed by atoms with Crippen LogP contribution in [-0.4, -0.2) is 43.3 Å². The van der Waals surface area contributed by atoms with E-state index in [-0.39, 0.29) is 18.0 Å². The van der Waals surface area contributed by atoms with Gasteiger partial charge in [-0.15, -0.1) is 0 Å². The summed E-state index contributed by atoms with van der Waals surface area (Å²) in [5.41, 5.74) is -0.249. The van der Waals surface area contributed by atoms with Gasteiger partial charge in [-0.3, -0.25) is 0 Å². The fourth-order valence-electron chi connectivity index (χ4n) is 2.06. The summed E-state index contributed by atoms with van der Waals surface area (Å²) in [6.45, 7) is 6.63. The van der Waals surface area contributed by atoms with Crippen LogP contribution in [0.2, 0.25) is 0 Å². The van der Waals surface area contributed by atoms with Gasteiger partial charge in [0.25, 0.3) is 0 Å². The molecule has 0 amide bonds. The normalized spacial score (nSPS) is 18.2. The Balaban J connectivity index is 4.70. The number of rotatable bonds is 7. The first-order chi connectivity index (χ1) is 7.67. The predicted octanol–water partition coefficient (Wildman–Crippen LogP) is 3.04. The summed E-state index contributed by atoms with van der Waals surface area (Å²) in [4.78, 5) is 2.01. The summed E-state index contributed by atoms with van der Waals surface area (Å²) in [6, 6.07) is -0.144. The van der Waals surface area contributed by atoms with Crippen LogP contribution in [0.25, 0.3) is 0 Å². The zero-order valence-corrected chi connectivity index (χ0v) is 11.5. The molecule has 2 nitrogen and oxygen atoms in total. The van der Waals surface area contributed by atoms with Crippen molar-refractivity contribution in [3.8, 4) is 0 Å². The molecule has 5 heteroatoms. The van der Waals surface area contributed by atoms with Crippen molar-refractivity contribution in [3.63, 3.8) is 0 Å². The first-order valence-corrected chi connectivity index (χ1v) is 6.15. The Morgan fingerprint density at radius 1 is 1.18 bits per heavy atom. The predicted molar refractivity (Wildman–Crippen MR) is 65.1 cm³/mol. The zero-order chi connectivity index (χ0) is 13.7. The molecule has 0 aromatic carbocycles. The molecule has 0 heterocycles. The van der Waals surface area contributed by atoms with Crippen LogP contribution in [0.1, 0.15) is 40.0 Å². The molecule has 2 unspecified atom stereocenters. The number of likely N-dealkylation sites (N-methyl/N-ethyl adjacent to an activating group) is 2. The molecule has 17 heavy (non-hydrogen) atoms. The first kappa shape index (κ1) is 16.7. The third kappa shape index (κ3) is 5.25. The largest absolute Gasteiger partial charge is 0.389 e. The molecule has 0 aromatic rings. The molecular formula is C12H25F3N2. The lowest BCUT2D eigenvalue weighted by molar-refractivity contribution is -0.138. The Morgan fingerprint density at radius 3 is 2.00 bits per heavy atom. The number of nitrogens with zero attached hydrogens (tertiary/aromatic N) is 1. The van der Waals surface area contributed by atoms with Crippen molar-refractivity contribution < 1.29 is 13.2 Å². The Hall–Kier alpha value is -0.290. The molecule has 0 spiro atoms. The number of hydrogen-bond donors (Lipinski definition) is 1. The molecule has 0 aliphatic carbocycles. The Bertz CT molecular complexity index is 216. The van der Waals surface area contributed by atoms with E-state index in [4.69, 9.17) is 0 Å². The van der Waals surface area contributed by atoms with Crippen molar-refractivity contribution >= 4 is 0 Å². The maximum absolute atomic E-state index is 12.3. The van der Waals surface area contributed by atoms with Crippen molar-refractivity contribution in [2.24, 2.45) is 0 Å². The first-order valence-electron chi connectivity index (χ1n) is 6.15. The third-order valence-corrected chi connectivity index (χ3v) is 3.66. The summed E-state index contributed by atoms with van der Waals surface area (Å²) in [7, 11) is 3.84. The maximum atomic E-state index is 12.3. The molecule has 0 saturated carbocycles. The van der Waals surface area contributed by atoms with Gasteiger partial charge in [-0.25, -0.2) is 0 Å². The third-order valence-electron chi connectivity index (χ3n) is 3.66. The van der Waals surface area contributed by atoms with E-state index in [0.29, 0.717) is 6.54 Å². The Morgan fingerprint density at radius 2 is 1.71 bits per heavy atom. The van der Waals surface area contributed by atoms with Gasteiger partial charge in [0.2, 0.25) is 0 Å². The highest BCUT2D eigenvalue weighted by Crippen LogP contribution is 2.29. The lowest BCUT2D eigenvalue weighted by Gasteiger charge is -2.43. The molecule has 0 aromatic heterocycles. The van der Waals surface area contributed by atoms with Crippen LogP contribution in [0.3, 0.4) is 0 Å². The highest BCUT2D eigenvalue weighted by atomic mass is 19.4. The fourth-order valence-corrected chi connectivity index (χ4v) is 2.06. The highest BCUT2D eigenvalue weighted by molar-refractivity contribution is 4.94. The van der Waals surface area contributed by atoms with E-state index in [1.807, 2.05) is 39.8 Å². The number of nitrogens with one attached hydrogen (secondary N) is 1. The molecule has 0 fully saturated rings. The van der Waals surface area contributed by atoms with Crippen molar-refractivity contribution in [3.05, 3.63) is 0 Å². The van der Waals surface area contributed by atoms with E-state index in [9.17, 15) is 13.2 Å². The van der Waals surface area contributed by atoms with Gasteiger partial charge >= 0.3 is 6.18 Å². The monoisotopic (exact) mass is 254 g/mol. The van der Waals surface area contributed by atoms with E-state index in [1.165, 1.54) is 0 Å². The van der Waals surface area contributed by atoms with Gasteiger partial charge < -0.3 is 10.2 Å². The van der Waals surface area contributed by atoms with Gasteiger partial charge in [-0.2, -0.15) is 13.2 Å². The minimum atomic E-state index is -4.07. The molecule has 0 saturated heterocycles. The van der Waals surface area contributed by atoms with Gasteiger partial charge in [0.1, 0.15) is 0 Å². The smallest absolute Gasteiger partial charge is 0.312 e. The number of halogens is 3. The molecule has 0 bridgehead atoms. The molecule has 2 atom stereocenters. The average Bonchev–Trinajstić information content (AvgIpc) is 2.21. The zero-order valence-electron chi connectivity index (χ0n) is 11.5. The topological polar surface area (TPSA) is 15.3 Å². The SMILES string of the molecule is CCNC(CCC(F)(F)F)C(C)(CC)N(C)C. The van der Waals surface area contributed by atoms with Gasteiger partial charge in [-0.1, -0.05) is 13.8 Å². The second-order valence-electron chi connectivity index (χ2n) is 4.87. The second-order valence-corrected chi connectivity index (χ2v) is 4.87. The standard InChI is InChI=1S/C12H25F3N2/c1-6-11(3,17(4)5)10(16-7-2)8-9-12(13,14)15/h10,16H,6-9H2,1-5H3. The van der Waals surface area contributed by atoms with Crippen LogP contribution in [-0.2, 0) is 0 Å². The van der Waals surface area contributed by atoms with Crippen molar-refractivity contribution in [1.82, 2.24) is 10.2 Å². The van der Waals surface area contributed by atoms with Crippen LogP contribution < -0.4 is 5.32 Å². The van der Waals surface area contributed by atoms with Crippen LogP contribution in [0.5, 0.6) is 0 Å². The van der Waals surface area contributed by atoms with Gasteiger partial charge in [0.15, 0.2) is 0 Å². The lowest BCUT2D eigenvalue weighted by atomic mass is 9.85. The highest BCUT2D eigenvalue weighted by Gasteiger charge is 2.37. The fraction of sp³-hybridized carbons (Fsp3) is 1.00. The van der Waals surface area contributed by atoms with Crippen LogP contribution in [0.4, 0.5) is 13.2 Å². The van der Waals surface area contributed by atoms with Crippen molar-refractivity contribution in [1.29, 1.82) is 0 Å². The summed E-state index contributed by atoms with van der Waals surface area (Å²) >= 11 is 0. The molecular weight excluding hydrogens is 229 g/mol. The van der Waals surface area contributed by atoms with Crippen molar-refractivity contribution in [2.45, 2.75) is 57.8 Å². The molecule has 0 radical (unpaired) electrons. The van der Waals surface area contributed by atoms with Crippen LogP contribution in [0, 0.1) is 0 Å². The molecule has 0 aliphatic rings. The summed E-state index contributed by atoms with van der Waals surface area (Å²) in [5, 5.41) is 3.19. The van der Waals surface area contributed by atoms with Crippen LogP contribution >= 0.6 is 0 Å². The maximum Gasteiger partial charge on any atom is 0.389 e. The van der Waals surface area contributed by atoms with Gasteiger partial charge in [-0.05, 0) is 40.4 Å². The molecule has 0 rings (SSSR count). The summed E-state index contributed by atoms with van der Waals surface area (Å²) in [6.07, 6.45) is -3.86. The van der Waals surface area contributed by atoms with Gasteiger partial charge in [0, 0.05) is 18.0 Å². The molecule has 1 N–H and O–H groups in total. The lowest BCUT2D eigenvalue weighted by Crippen LogP contribution is -2.57. The van der Waals surface area contributed by atoms with E-state index in [0.717, 1.165) is 6.42 Å². The summed E-state index contributed by atoms with van der Waals surface area (Å²) < 4.78 is 36.9. The molecule has 0 aliphatic heterocycles. The number of alkyl halides is 3. The minimum Gasteiger partial charge on any atom is -0.312 e. The Kier molecular flexibility index (Phi) is 6.48. The summed E-state index contributed by atoms with van der Waals surface area (Å²) in [5.74, 6) is 0.